The van der Waals surface area contributed by atoms with Crippen molar-refractivity contribution < 1.29 is 13.5 Å². The first kappa shape index (κ1) is 12.8. The summed E-state index contributed by atoms with van der Waals surface area (Å²) < 4.78 is 32.5. The van der Waals surface area contributed by atoms with Gasteiger partial charge in [0.2, 0.25) is 0 Å². The summed E-state index contributed by atoms with van der Waals surface area (Å²) in [5.74, 6) is -2.17. The normalized spacial score (nSPS) is 10.4. The molecule has 18 heavy (non-hydrogen) atoms. The Kier molecular flexibility index (Phi) is 3.47. The second kappa shape index (κ2) is 4.89. The molecule has 1 aromatic carbocycles. The van der Waals surface area contributed by atoms with Crippen LogP contribution in [0.3, 0.4) is 0 Å². The van der Waals surface area contributed by atoms with Crippen molar-refractivity contribution in [3.05, 3.63) is 45.9 Å². The van der Waals surface area contributed by atoms with Gasteiger partial charge in [-0.25, -0.2) is 8.78 Å². The zero-order chi connectivity index (χ0) is 13.3. The molecule has 0 spiro atoms. The van der Waals surface area contributed by atoms with E-state index in [9.17, 15) is 8.78 Å². The predicted octanol–water partition coefficient (Wildman–Crippen LogP) is 3.81. The summed E-state index contributed by atoms with van der Waals surface area (Å²) in [6.45, 7) is 1.86. The number of ether oxygens (including phenoxy) is 1. The van der Waals surface area contributed by atoms with E-state index in [1.807, 2.05) is 6.92 Å². The van der Waals surface area contributed by atoms with Crippen LogP contribution in [0, 0.1) is 18.6 Å². The number of anilines is 1. The fourth-order valence-corrected chi connectivity index (χ4v) is 1.57. The first-order chi connectivity index (χ1) is 8.47. The van der Waals surface area contributed by atoms with Crippen molar-refractivity contribution in [2.45, 2.75) is 6.92 Å². The lowest BCUT2D eigenvalue weighted by molar-refractivity contribution is 0.418. The number of hydrogen-bond donors (Lipinski definition) is 1. The molecule has 0 atom stereocenters. The van der Waals surface area contributed by atoms with Gasteiger partial charge in [-0.1, -0.05) is 15.9 Å². The van der Waals surface area contributed by atoms with Crippen LogP contribution in [0.1, 0.15) is 5.56 Å². The summed E-state index contributed by atoms with van der Waals surface area (Å²) in [5, 5.41) is 0. The quantitative estimate of drug-likeness (QED) is 0.917. The second-order valence-corrected chi connectivity index (χ2v) is 4.51. The maximum atomic E-state index is 13.4. The van der Waals surface area contributed by atoms with Crippen LogP contribution < -0.4 is 10.5 Å². The van der Waals surface area contributed by atoms with Crippen LogP contribution in [0.5, 0.6) is 11.6 Å². The number of nitrogens with two attached hydrogens (primary N) is 1. The minimum Gasteiger partial charge on any atom is -0.436 e. The van der Waals surface area contributed by atoms with Gasteiger partial charge < -0.3 is 10.5 Å². The zero-order valence-electron chi connectivity index (χ0n) is 9.38. The lowest BCUT2D eigenvalue weighted by Gasteiger charge is -2.08. The Labute approximate surface area is 111 Å². The minimum absolute atomic E-state index is 0.351. The lowest BCUT2D eigenvalue weighted by atomic mass is 10.2. The van der Waals surface area contributed by atoms with Crippen LogP contribution in [0.4, 0.5) is 14.6 Å². The highest BCUT2D eigenvalue weighted by atomic mass is 79.9. The van der Waals surface area contributed by atoms with Gasteiger partial charge in [-0.05, 0) is 30.7 Å². The number of rotatable bonds is 2. The molecule has 0 saturated heterocycles. The minimum atomic E-state index is -0.910. The number of halogens is 3. The Morgan fingerprint density at radius 2 is 1.94 bits per heavy atom. The molecule has 0 unspecified atom stereocenters. The average molecular weight is 315 g/mol. The summed E-state index contributed by atoms with van der Waals surface area (Å²) in [5.41, 5.74) is 6.18. The number of aromatic nitrogens is 1. The fraction of sp³-hybridized carbons (Fsp3) is 0.0833. The number of pyridine rings is 1. The largest absolute Gasteiger partial charge is 0.436 e. The third kappa shape index (κ3) is 2.59. The van der Waals surface area contributed by atoms with E-state index >= 15 is 0 Å². The molecule has 2 N–H and O–H groups in total. The third-order valence-electron chi connectivity index (χ3n) is 2.27. The smallest absolute Gasteiger partial charge is 0.258 e. The molecule has 1 heterocycles. The molecule has 1 aromatic heterocycles. The maximum absolute atomic E-state index is 13.4. The molecule has 2 rings (SSSR count). The Hall–Kier alpha value is -1.69. The van der Waals surface area contributed by atoms with Gasteiger partial charge in [-0.2, -0.15) is 4.98 Å². The van der Waals surface area contributed by atoms with Gasteiger partial charge in [0.15, 0.2) is 17.5 Å². The van der Waals surface area contributed by atoms with E-state index in [-0.39, 0.29) is 5.88 Å². The zero-order valence-corrected chi connectivity index (χ0v) is 11.0. The summed E-state index contributed by atoms with van der Waals surface area (Å²) in [7, 11) is 0. The van der Waals surface area contributed by atoms with Crippen LogP contribution >= 0.6 is 15.9 Å². The predicted molar refractivity (Wildman–Crippen MR) is 67.5 cm³/mol. The van der Waals surface area contributed by atoms with Gasteiger partial charge in [-0.3, -0.25) is 0 Å². The first-order valence-corrected chi connectivity index (χ1v) is 5.82. The molecular formula is C12H9BrF2N2O. The summed E-state index contributed by atoms with van der Waals surface area (Å²) in [6.07, 6.45) is 0. The average Bonchev–Trinajstić information content (AvgIpc) is 2.31. The van der Waals surface area contributed by atoms with Gasteiger partial charge >= 0.3 is 0 Å². The summed E-state index contributed by atoms with van der Waals surface area (Å²) in [4.78, 5) is 3.51. The van der Waals surface area contributed by atoms with E-state index in [1.165, 1.54) is 0 Å². The van der Waals surface area contributed by atoms with E-state index in [1.54, 1.807) is 18.2 Å². The highest BCUT2D eigenvalue weighted by Gasteiger charge is 2.12. The van der Waals surface area contributed by atoms with E-state index < -0.39 is 17.5 Å². The number of nitrogen functional groups attached to an aromatic ring is 1. The molecule has 0 bridgehead atoms. The van der Waals surface area contributed by atoms with Crippen molar-refractivity contribution >= 4 is 21.7 Å². The van der Waals surface area contributed by atoms with Crippen molar-refractivity contribution in [1.82, 2.24) is 4.98 Å². The van der Waals surface area contributed by atoms with Crippen molar-refractivity contribution in [2.24, 2.45) is 0 Å². The van der Waals surface area contributed by atoms with E-state index in [0.29, 0.717) is 11.8 Å². The standard InChI is InChI=1S/C12H9BrF2N2O/c1-6-4-7(2-3-8(6)13)18-12-10(15)5-9(14)11(16)17-12/h2-5H,1H3,(H2,16,17). The number of nitrogens with zero attached hydrogens (tertiary/aromatic N) is 1. The molecular weight excluding hydrogens is 306 g/mol. The van der Waals surface area contributed by atoms with Crippen molar-refractivity contribution in [1.29, 1.82) is 0 Å². The monoisotopic (exact) mass is 314 g/mol. The third-order valence-corrected chi connectivity index (χ3v) is 3.16. The van der Waals surface area contributed by atoms with Crippen LogP contribution in [-0.4, -0.2) is 4.98 Å². The van der Waals surface area contributed by atoms with Gasteiger partial charge in [0, 0.05) is 10.5 Å². The molecule has 0 fully saturated rings. The fourth-order valence-electron chi connectivity index (χ4n) is 1.33. The molecule has 0 aliphatic rings. The highest BCUT2D eigenvalue weighted by molar-refractivity contribution is 9.10. The Bertz CT molecular complexity index is 605. The van der Waals surface area contributed by atoms with Crippen molar-refractivity contribution in [3.8, 4) is 11.6 Å². The maximum Gasteiger partial charge on any atom is 0.258 e. The van der Waals surface area contributed by atoms with Gasteiger partial charge in [0.25, 0.3) is 5.88 Å². The molecule has 0 amide bonds. The highest BCUT2D eigenvalue weighted by Crippen LogP contribution is 2.27. The van der Waals surface area contributed by atoms with E-state index in [4.69, 9.17) is 10.5 Å². The van der Waals surface area contributed by atoms with Gasteiger partial charge in [0.05, 0.1) is 0 Å². The van der Waals surface area contributed by atoms with Crippen molar-refractivity contribution in [2.75, 3.05) is 5.73 Å². The Morgan fingerprint density at radius 3 is 2.61 bits per heavy atom. The van der Waals surface area contributed by atoms with E-state index in [2.05, 4.69) is 20.9 Å². The molecule has 3 nitrogen and oxygen atoms in total. The number of aryl methyl sites for hydroxylation is 1. The topological polar surface area (TPSA) is 48.1 Å². The molecule has 94 valence electrons. The van der Waals surface area contributed by atoms with Crippen molar-refractivity contribution in [3.63, 3.8) is 0 Å². The van der Waals surface area contributed by atoms with E-state index in [0.717, 1.165) is 10.0 Å². The molecule has 0 saturated carbocycles. The van der Waals surface area contributed by atoms with Crippen LogP contribution in [-0.2, 0) is 0 Å². The van der Waals surface area contributed by atoms with Crippen LogP contribution in [0.2, 0.25) is 0 Å². The molecule has 2 aromatic rings. The van der Waals surface area contributed by atoms with Crippen LogP contribution in [0.15, 0.2) is 28.7 Å². The Balaban J connectivity index is 2.34. The number of hydrogen-bond acceptors (Lipinski definition) is 3. The molecule has 0 radical (unpaired) electrons. The first-order valence-electron chi connectivity index (χ1n) is 5.03. The molecule has 6 heteroatoms. The van der Waals surface area contributed by atoms with Crippen LogP contribution in [0.25, 0.3) is 0 Å². The SMILES string of the molecule is Cc1cc(Oc2nc(N)c(F)cc2F)ccc1Br. The van der Waals surface area contributed by atoms with Gasteiger partial charge in [0.1, 0.15) is 5.75 Å². The summed E-state index contributed by atoms with van der Waals surface area (Å²) >= 11 is 3.34. The number of benzene rings is 1. The second-order valence-electron chi connectivity index (χ2n) is 3.66. The molecule has 0 aliphatic carbocycles. The van der Waals surface area contributed by atoms with Gasteiger partial charge in [-0.15, -0.1) is 0 Å². The summed E-state index contributed by atoms with van der Waals surface area (Å²) in [6, 6.07) is 5.74. The Morgan fingerprint density at radius 1 is 1.22 bits per heavy atom. The lowest BCUT2D eigenvalue weighted by Crippen LogP contribution is -2.00. The molecule has 0 aliphatic heterocycles.